The zero-order valence-electron chi connectivity index (χ0n) is 4.55. The van der Waals surface area contributed by atoms with Crippen LogP contribution in [0.4, 0.5) is 13.2 Å². The van der Waals surface area contributed by atoms with Gasteiger partial charge < -0.3 is 0 Å². The van der Waals surface area contributed by atoms with Crippen LogP contribution in [-0.4, -0.2) is 19.4 Å². The van der Waals surface area contributed by atoms with Crippen molar-refractivity contribution < 1.29 is 22.3 Å². The highest BCUT2D eigenvalue weighted by molar-refractivity contribution is 7.38. The first-order valence-corrected chi connectivity index (χ1v) is 3.66. The minimum Gasteiger partial charge on any atom is -0.204 e. The molecule has 0 spiro atoms. The number of halogens is 3. The van der Waals surface area contributed by atoms with Gasteiger partial charge in [0.2, 0.25) is 0 Å². The summed E-state index contributed by atoms with van der Waals surface area (Å²) in [5, 5.41) is 0. The van der Waals surface area contributed by atoms with Gasteiger partial charge in [0.15, 0.2) is 6.66 Å². The van der Waals surface area contributed by atoms with Gasteiger partial charge in [0, 0.05) is 0 Å². The highest BCUT2D eigenvalue weighted by atomic mass is 31.1. The number of hydrogen-bond acceptors (Lipinski definition) is 2. The number of rotatable bonds is 3. The Morgan fingerprint density at radius 2 is 1.89 bits per heavy atom. The maximum atomic E-state index is 11.6. The fourth-order valence-electron chi connectivity index (χ4n) is 0.188. The molecule has 0 aliphatic heterocycles. The van der Waals surface area contributed by atoms with Crippen LogP contribution in [0.15, 0.2) is 0 Å². The van der Waals surface area contributed by atoms with Crippen LogP contribution in [0, 0.1) is 0 Å². The summed E-state index contributed by atoms with van der Waals surface area (Å²) in [6.07, 6.45) is -5.94. The average Bonchev–Trinajstić information content (AvgIpc) is 1.63. The van der Waals surface area contributed by atoms with E-state index in [-0.39, 0.29) is 0 Å². The van der Waals surface area contributed by atoms with Crippen molar-refractivity contribution in [2.24, 2.45) is 0 Å². The molecule has 0 aliphatic carbocycles. The maximum Gasteiger partial charge on any atom is 0.508 e. The zero-order valence-corrected chi connectivity index (χ0v) is 5.45. The molecule has 2 atom stereocenters. The summed E-state index contributed by atoms with van der Waals surface area (Å²) in [6.45, 7) is 1.00. The number of hydrogen-bond donors (Lipinski definition) is 0. The molecule has 0 rings (SSSR count). The molecule has 2 unspecified atom stereocenters. The molecule has 0 N–H and O–H groups in total. The predicted octanol–water partition coefficient (Wildman–Crippen LogP) is 1.94. The van der Waals surface area contributed by atoms with Crippen molar-refractivity contribution >= 4 is 8.03 Å². The molecule has 0 aromatic heterocycles. The fourth-order valence-corrected chi connectivity index (χ4v) is 0.563. The molecule has 0 radical (unpaired) electrons. The lowest BCUT2D eigenvalue weighted by Crippen LogP contribution is -2.12. The van der Waals surface area contributed by atoms with Crippen molar-refractivity contribution in [2.75, 3.05) is 6.66 Å². The van der Waals surface area contributed by atoms with Crippen molar-refractivity contribution in [1.29, 1.82) is 0 Å². The van der Waals surface area contributed by atoms with Gasteiger partial charge in [0.05, 0.1) is 0 Å². The van der Waals surface area contributed by atoms with E-state index in [9.17, 15) is 17.7 Å². The van der Waals surface area contributed by atoms with E-state index in [2.05, 4.69) is 4.52 Å². The molecule has 0 amide bonds. The molecule has 0 heterocycles. The molecular formula is C3H5F3O2P+. The van der Waals surface area contributed by atoms with E-state index in [1.54, 1.807) is 0 Å². The lowest BCUT2D eigenvalue weighted by molar-refractivity contribution is -0.0624. The molecule has 2 nitrogen and oxygen atoms in total. The van der Waals surface area contributed by atoms with Crippen molar-refractivity contribution in [2.45, 2.75) is 12.8 Å². The van der Waals surface area contributed by atoms with Gasteiger partial charge in [-0.15, -0.1) is 4.52 Å². The van der Waals surface area contributed by atoms with E-state index >= 15 is 0 Å². The van der Waals surface area contributed by atoms with Crippen LogP contribution >= 0.6 is 8.03 Å². The third kappa shape index (κ3) is 4.36. The van der Waals surface area contributed by atoms with E-state index in [1.807, 2.05) is 0 Å². The van der Waals surface area contributed by atoms with Crippen molar-refractivity contribution in [3.63, 3.8) is 0 Å². The largest absolute Gasteiger partial charge is 0.508 e. The number of alkyl halides is 3. The molecule has 0 saturated heterocycles. The topological polar surface area (TPSA) is 26.3 Å². The normalized spacial score (nSPS) is 15.9. The molecule has 0 aliphatic rings. The second kappa shape index (κ2) is 3.80. The minimum absolute atomic E-state index is 1.00. The first-order chi connectivity index (χ1) is 4.04. The molecular weight excluding hydrogens is 156 g/mol. The van der Waals surface area contributed by atoms with E-state index in [0.29, 0.717) is 0 Å². The van der Waals surface area contributed by atoms with Crippen LogP contribution in [0.5, 0.6) is 0 Å². The Kier molecular flexibility index (Phi) is 3.73. The van der Waals surface area contributed by atoms with Gasteiger partial charge in [0.25, 0.3) is 6.43 Å². The van der Waals surface area contributed by atoms with Crippen molar-refractivity contribution in [3.05, 3.63) is 0 Å². The van der Waals surface area contributed by atoms with Crippen LogP contribution in [0.2, 0.25) is 0 Å². The second-order valence-corrected chi connectivity index (χ2v) is 2.32. The van der Waals surface area contributed by atoms with Gasteiger partial charge in [-0.25, -0.2) is 13.2 Å². The zero-order chi connectivity index (χ0) is 7.44. The molecule has 9 heavy (non-hydrogen) atoms. The summed E-state index contributed by atoms with van der Waals surface area (Å²) in [5.74, 6) is 0. The van der Waals surface area contributed by atoms with Crippen LogP contribution in [0.25, 0.3) is 0 Å². The first-order valence-electron chi connectivity index (χ1n) is 2.04. The van der Waals surface area contributed by atoms with Gasteiger partial charge in [-0.1, -0.05) is 0 Å². The van der Waals surface area contributed by atoms with Crippen LogP contribution in [0.1, 0.15) is 0 Å². The van der Waals surface area contributed by atoms with Gasteiger partial charge in [0.1, 0.15) is 0 Å². The third-order valence-corrected chi connectivity index (χ3v) is 0.946. The van der Waals surface area contributed by atoms with E-state index in [0.717, 1.165) is 6.66 Å². The summed E-state index contributed by atoms with van der Waals surface area (Å²) in [5.41, 5.74) is 0. The average molecular weight is 161 g/mol. The molecule has 0 aromatic carbocycles. The molecule has 0 aromatic rings. The quantitative estimate of drug-likeness (QED) is 0.591. The van der Waals surface area contributed by atoms with Crippen molar-refractivity contribution in [3.8, 4) is 0 Å². The molecule has 6 heteroatoms. The van der Waals surface area contributed by atoms with Crippen LogP contribution in [0.3, 0.4) is 0 Å². The fraction of sp³-hybridized carbons (Fsp3) is 1.00. The van der Waals surface area contributed by atoms with Crippen molar-refractivity contribution in [1.82, 2.24) is 0 Å². The maximum absolute atomic E-state index is 11.6. The highest BCUT2D eigenvalue weighted by Gasteiger charge is 2.27. The standard InChI is InChI=1S/C3H5F3O2P/c1-9(7)8-3(6)2(4)5/h2-3H,1H3/q+1. The van der Waals surface area contributed by atoms with Crippen LogP contribution in [-0.2, 0) is 9.09 Å². The highest BCUT2D eigenvalue weighted by Crippen LogP contribution is 2.22. The first kappa shape index (κ1) is 8.85. The Hall–Kier alpha value is -0.150. The SMILES string of the molecule is C[P+](=O)OC(F)C(F)F. The summed E-state index contributed by atoms with van der Waals surface area (Å²) in [6, 6.07) is 0. The predicted molar refractivity (Wildman–Crippen MR) is 25.5 cm³/mol. The Bertz CT molecular complexity index is 107. The second-order valence-electron chi connectivity index (χ2n) is 1.23. The monoisotopic (exact) mass is 161 g/mol. The van der Waals surface area contributed by atoms with Gasteiger partial charge >= 0.3 is 14.4 Å². The summed E-state index contributed by atoms with van der Waals surface area (Å²) < 4.78 is 47.5. The van der Waals surface area contributed by atoms with Gasteiger partial charge in [-0.2, -0.15) is 0 Å². The van der Waals surface area contributed by atoms with Crippen LogP contribution < -0.4 is 0 Å². The Morgan fingerprint density at radius 3 is 2.00 bits per heavy atom. The van der Waals surface area contributed by atoms with E-state index in [4.69, 9.17) is 0 Å². The molecule has 0 saturated carbocycles. The van der Waals surface area contributed by atoms with E-state index in [1.165, 1.54) is 0 Å². The molecule has 54 valence electrons. The minimum atomic E-state index is -3.22. The van der Waals surface area contributed by atoms with E-state index < -0.39 is 20.8 Å². The van der Waals surface area contributed by atoms with Gasteiger partial charge in [-0.05, 0) is 4.57 Å². The lowest BCUT2D eigenvalue weighted by atomic mass is 10.7. The molecule has 0 bridgehead atoms. The Labute approximate surface area is 50.9 Å². The summed E-state index contributed by atoms with van der Waals surface area (Å²) in [4.78, 5) is 0. The summed E-state index contributed by atoms with van der Waals surface area (Å²) in [7, 11) is -2.28. The Morgan fingerprint density at radius 1 is 1.44 bits per heavy atom. The lowest BCUT2D eigenvalue weighted by Gasteiger charge is -1.95. The summed E-state index contributed by atoms with van der Waals surface area (Å²) >= 11 is 0. The van der Waals surface area contributed by atoms with Gasteiger partial charge in [-0.3, -0.25) is 0 Å². The molecule has 0 fully saturated rings. The third-order valence-electron chi connectivity index (χ3n) is 0.447. The Balaban J connectivity index is 3.50. The smallest absolute Gasteiger partial charge is 0.204 e.